The van der Waals surface area contributed by atoms with Crippen LogP contribution in [-0.2, 0) is 0 Å². The molecule has 1 aromatic heterocycles. The third-order valence-electron chi connectivity index (χ3n) is 2.59. The number of nitrogens with zero attached hydrogens (tertiary/aromatic N) is 3. The van der Waals surface area contributed by atoms with Crippen LogP contribution in [0, 0.1) is 10.1 Å². The Bertz CT molecular complexity index is 708. The smallest absolute Gasteiger partial charge is 0.269 e. The molecule has 1 heterocycles. The molecule has 0 spiro atoms. The van der Waals surface area contributed by atoms with Crippen LogP contribution >= 0.6 is 11.3 Å². The molecule has 0 bridgehead atoms. The van der Waals surface area contributed by atoms with Crippen LogP contribution in [0.5, 0.6) is 0 Å². The van der Waals surface area contributed by atoms with Gasteiger partial charge in [-0.05, 0) is 19.1 Å². The Balaban J connectivity index is 2.10. The zero-order valence-electron chi connectivity index (χ0n) is 10.8. The number of thiazole rings is 1. The number of anilines is 1. The maximum Gasteiger partial charge on any atom is 0.269 e. The summed E-state index contributed by atoms with van der Waals surface area (Å²) in [5.41, 5.74) is 0.992. The van der Waals surface area contributed by atoms with E-state index in [1.54, 1.807) is 12.3 Å². The molecule has 0 saturated heterocycles. The van der Waals surface area contributed by atoms with E-state index in [0.717, 1.165) is 0 Å². The van der Waals surface area contributed by atoms with Crippen LogP contribution in [0.15, 0.2) is 34.8 Å². The molecule has 0 unspecified atom stereocenters. The average molecular weight is 306 g/mol. The lowest BCUT2D eigenvalue weighted by Crippen LogP contribution is -2.11. The summed E-state index contributed by atoms with van der Waals surface area (Å²) in [4.78, 5) is 26.0. The van der Waals surface area contributed by atoms with Crippen molar-refractivity contribution in [2.75, 3.05) is 5.32 Å². The van der Waals surface area contributed by atoms with E-state index in [4.69, 9.17) is 5.21 Å². The van der Waals surface area contributed by atoms with Crippen molar-refractivity contribution in [3.63, 3.8) is 0 Å². The molecular weight excluding hydrogens is 296 g/mol. The second-order valence-corrected chi connectivity index (χ2v) is 4.84. The SMILES string of the molecule is CC(=NO)c1csc(NC(=O)c2ccc([N+](=O)[O-])cc2)n1. The number of oxime groups is 1. The van der Waals surface area contributed by atoms with Crippen LogP contribution < -0.4 is 5.32 Å². The number of nitrogens with one attached hydrogen (secondary N) is 1. The van der Waals surface area contributed by atoms with Gasteiger partial charge in [-0.2, -0.15) is 0 Å². The zero-order valence-corrected chi connectivity index (χ0v) is 11.6. The van der Waals surface area contributed by atoms with E-state index in [2.05, 4.69) is 15.5 Å². The molecule has 0 aliphatic heterocycles. The van der Waals surface area contributed by atoms with Crippen molar-refractivity contribution in [3.8, 4) is 0 Å². The van der Waals surface area contributed by atoms with Gasteiger partial charge in [-0.1, -0.05) is 5.16 Å². The van der Waals surface area contributed by atoms with E-state index >= 15 is 0 Å². The molecule has 0 saturated carbocycles. The van der Waals surface area contributed by atoms with E-state index in [1.807, 2.05) is 0 Å². The number of carbonyl (C=O) groups excluding carboxylic acids is 1. The van der Waals surface area contributed by atoms with Gasteiger partial charge in [0, 0.05) is 23.1 Å². The van der Waals surface area contributed by atoms with Gasteiger partial charge in [0.05, 0.1) is 4.92 Å². The second kappa shape index (κ2) is 6.09. The van der Waals surface area contributed by atoms with Crippen LogP contribution in [0.4, 0.5) is 10.8 Å². The van der Waals surface area contributed by atoms with Gasteiger partial charge >= 0.3 is 0 Å². The molecule has 9 heteroatoms. The van der Waals surface area contributed by atoms with Gasteiger partial charge in [0.25, 0.3) is 11.6 Å². The Morgan fingerprint density at radius 3 is 2.67 bits per heavy atom. The van der Waals surface area contributed by atoms with E-state index in [-0.39, 0.29) is 11.3 Å². The Kier molecular flexibility index (Phi) is 4.24. The second-order valence-electron chi connectivity index (χ2n) is 3.98. The third-order valence-corrected chi connectivity index (χ3v) is 3.34. The summed E-state index contributed by atoms with van der Waals surface area (Å²) < 4.78 is 0. The van der Waals surface area contributed by atoms with Crippen LogP contribution in [0.3, 0.4) is 0 Å². The van der Waals surface area contributed by atoms with Crippen molar-refractivity contribution in [2.24, 2.45) is 5.16 Å². The number of benzene rings is 1. The highest BCUT2D eigenvalue weighted by molar-refractivity contribution is 7.14. The van der Waals surface area contributed by atoms with Gasteiger partial charge in [-0.3, -0.25) is 20.2 Å². The van der Waals surface area contributed by atoms with Crippen molar-refractivity contribution in [3.05, 3.63) is 51.0 Å². The first kappa shape index (κ1) is 14.6. The fraction of sp³-hybridized carbons (Fsp3) is 0.0833. The molecule has 0 aliphatic rings. The fourth-order valence-electron chi connectivity index (χ4n) is 1.45. The molecular formula is C12H10N4O4S. The van der Waals surface area contributed by atoms with Crippen molar-refractivity contribution >= 4 is 33.8 Å². The van der Waals surface area contributed by atoms with E-state index in [9.17, 15) is 14.9 Å². The lowest BCUT2D eigenvalue weighted by atomic mass is 10.2. The van der Waals surface area contributed by atoms with E-state index in [0.29, 0.717) is 16.5 Å². The summed E-state index contributed by atoms with van der Waals surface area (Å²) in [7, 11) is 0. The highest BCUT2D eigenvalue weighted by atomic mass is 32.1. The standard InChI is InChI=1S/C12H10N4O4S/c1-7(15-18)10-6-21-12(13-10)14-11(17)8-2-4-9(5-3-8)16(19)20/h2-6,18H,1H3,(H,13,14,17). The van der Waals surface area contributed by atoms with E-state index < -0.39 is 10.8 Å². The minimum absolute atomic E-state index is 0.0853. The number of aromatic nitrogens is 1. The quantitative estimate of drug-likeness (QED) is 0.389. The zero-order chi connectivity index (χ0) is 15.4. The minimum atomic E-state index is -0.536. The summed E-state index contributed by atoms with van der Waals surface area (Å²) in [5, 5.41) is 26.7. The predicted octanol–water partition coefficient (Wildman–Crippen LogP) is 2.50. The molecule has 0 fully saturated rings. The number of hydrogen-bond donors (Lipinski definition) is 2. The van der Waals surface area contributed by atoms with Crippen LogP contribution in [0.1, 0.15) is 23.0 Å². The Morgan fingerprint density at radius 1 is 1.43 bits per heavy atom. The maximum absolute atomic E-state index is 11.9. The topological polar surface area (TPSA) is 118 Å². The van der Waals surface area contributed by atoms with Gasteiger partial charge in [0.1, 0.15) is 11.4 Å². The molecule has 1 amide bonds. The van der Waals surface area contributed by atoms with Gasteiger partial charge in [-0.15, -0.1) is 11.3 Å². The molecule has 2 aromatic rings. The number of amides is 1. The van der Waals surface area contributed by atoms with Crippen LogP contribution in [0.25, 0.3) is 0 Å². The lowest BCUT2D eigenvalue weighted by molar-refractivity contribution is -0.384. The summed E-state index contributed by atoms with van der Waals surface area (Å²) in [6, 6.07) is 5.24. The Labute approximate surface area is 122 Å². The Hall–Kier alpha value is -2.81. The molecule has 0 atom stereocenters. The molecule has 2 N–H and O–H groups in total. The summed E-state index contributed by atoms with van der Waals surface area (Å²) in [6.45, 7) is 1.58. The molecule has 0 aliphatic carbocycles. The number of rotatable bonds is 4. The van der Waals surface area contributed by atoms with Crippen molar-refractivity contribution in [2.45, 2.75) is 6.92 Å². The number of nitro benzene ring substituents is 1. The molecule has 8 nitrogen and oxygen atoms in total. The van der Waals surface area contributed by atoms with Crippen molar-refractivity contribution in [1.29, 1.82) is 0 Å². The number of nitro groups is 1. The molecule has 21 heavy (non-hydrogen) atoms. The first-order chi connectivity index (χ1) is 10.0. The molecule has 0 radical (unpaired) electrons. The van der Waals surface area contributed by atoms with Crippen LogP contribution in [-0.4, -0.2) is 26.7 Å². The first-order valence-electron chi connectivity index (χ1n) is 5.71. The summed E-state index contributed by atoms with van der Waals surface area (Å²) in [5.74, 6) is -0.426. The highest BCUT2D eigenvalue weighted by Gasteiger charge is 2.12. The predicted molar refractivity (Wildman–Crippen MR) is 77.2 cm³/mol. The minimum Gasteiger partial charge on any atom is -0.411 e. The normalized spacial score (nSPS) is 11.2. The van der Waals surface area contributed by atoms with Crippen molar-refractivity contribution in [1.82, 2.24) is 4.98 Å². The van der Waals surface area contributed by atoms with E-state index in [1.165, 1.54) is 35.6 Å². The summed E-state index contributed by atoms with van der Waals surface area (Å²) >= 11 is 1.18. The lowest BCUT2D eigenvalue weighted by Gasteiger charge is -2.01. The van der Waals surface area contributed by atoms with Gasteiger partial charge in [0.15, 0.2) is 5.13 Å². The van der Waals surface area contributed by atoms with Gasteiger partial charge in [0.2, 0.25) is 0 Å². The fourth-order valence-corrected chi connectivity index (χ4v) is 2.20. The van der Waals surface area contributed by atoms with Gasteiger partial charge in [-0.25, -0.2) is 4.98 Å². The number of non-ortho nitro benzene ring substituents is 1. The maximum atomic E-state index is 11.9. The molecule has 108 valence electrons. The number of hydrogen-bond acceptors (Lipinski definition) is 7. The van der Waals surface area contributed by atoms with Gasteiger partial charge < -0.3 is 5.21 Å². The summed E-state index contributed by atoms with van der Waals surface area (Å²) in [6.07, 6.45) is 0. The third kappa shape index (κ3) is 3.39. The Morgan fingerprint density at radius 2 is 2.10 bits per heavy atom. The first-order valence-corrected chi connectivity index (χ1v) is 6.59. The van der Waals surface area contributed by atoms with Crippen LogP contribution in [0.2, 0.25) is 0 Å². The average Bonchev–Trinajstić information content (AvgIpc) is 2.95. The monoisotopic (exact) mass is 306 g/mol. The van der Waals surface area contributed by atoms with Crippen molar-refractivity contribution < 1.29 is 14.9 Å². The highest BCUT2D eigenvalue weighted by Crippen LogP contribution is 2.18. The molecule has 1 aromatic carbocycles. The largest absolute Gasteiger partial charge is 0.411 e. The molecule has 2 rings (SSSR count). The number of carbonyl (C=O) groups is 1.